The molecule has 0 radical (unpaired) electrons. The number of rotatable bonds is 3. The minimum Gasteiger partial charge on any atom is -0.465 e. The van der Waals surface area contributed by atoms with Gasteiger partial charge in [0, 0.05) is 30.3 Å². The highest BCUT2D eigenvalue weighted by molar-refractivity contribution is 9.10. The molecule has 1 aromatic rings. The van der Waals surface area contributed by atoms with Gasteiger partial charge in [-0.15, -0.1) is 0 Å². The largest absolute Gasteiger partial charge is 0.465 e. The molecule has 0 unspecified atom stereocenters. The van der Waals surface area contributed by atoms with Gasteiger partial charge in [-0.2, -0.15) is 0 Å². The van der Waals surface area contributed by atoms with Gasteiger partial charge in [-0.1, -0.05) is 0 Å². The maximum absolute atomic E-state index is 12.5. The second-order valence-electron chi connectivity index (χ2n) is 4.63. The van der Waals surface area contributed by atoms with E-state index in [0.717, 1.165) is 4.47 Å². The number of halogens is 1. The summed E-state index contributed by atoms with van der Waals surface area (Å²) < 4.78 is 0.850. The molecule has 1 aliphatic heterocycles. The number of hydrogen-bond donors (Lipinski definition) is 1. The first-order valence-corrected chi connectivity index (χ1v) is 7.23. The average molecular weight is 342 g/mol. The number of aromatic nitrogens is 1. The van der Waals surface area contributed by atoms with Crippen LogP contribution < -0.4 is 4.90 Å². The average Bonchev–Trinajstić information content (AvgIpc) is 2.91. The number of carbonyl (C=O) groups excluding carboxylic acids is 1. The molecular formula is C13H16BrN3O3. The molecule has 0 aliphatic carbocycles. The van der Waals surface area contributed by atoms with Gasteiger partial charge in [0.1, 0.15) is 5.82 Å². The molecule has 1 fully saturated rings. The molecule has 6 nitrogen and oxygen atoms in total. The summed E-state index contributed by atoms with van der Waals surface area (Å²) in [5.74, 6) is 0.247. The van der Waals surface area contributed by atoms with Crippen molar-refractivity contribution in [2.45, 2.75) is 13.3 Å². The SMILES string of the molecule is CCN(C(=O)[C@@H]1CCN(C(=O)O)C1)c1ccc(Br)cn1. The zero-order valence-electron chi connectivity index (χ0n) is 11.1. The third-order valence-corrected chi connectivity index (χ3v) is 3.85. The molecule has 108 valence electrons. The fourth-order valence-electron chi connectivity index (χ4n) is 2.31. The van der Waals surface area contributed by atoms with Gasteiger partial charge >= 0.3 is 6.09 Å². The van der Waals surface area contributed by atoms with Crippen LogP contribution in [0.1, 0.15) is 13.3 Å². The van der Waals surface area contributed by atoms with Gasteiger partial charge in [0.25, 0.3) is 0 Å². The van der Waals surface area contributed by atoms with Crippen molar-refractivity contribution in [3.63, 3.8) is 0 Å². The molecule has 2 amide bonds. The van der Waals surface area contributed by atoms with Crippen LogP contribution in [-0.4, -0.2) is 46.6 Å². The Balaban J connectivity index is 2.10. The van der Waals surface area contributed by atoms with Gasteiger partial charge in [0.2, 0.25) is 5.91 Å². The molecule has 2 rings (SSSR count). The third-order valence-electron chi connectivity index (χ3n) is 3.38. The minimum absolute atomic E-state index is 0.0638. The lowest BCUT2D eigenvalue weighted by Gasteiger charge is -2.23. The summed E-state index contributed by atoms with van der Waals surface area (Å²) in [6, 6.07) is 3.60. The Hall–Kier alpha value is -1.63. The number of likely N-dealkylation sites (tertiary alicyclic amines) is 1. The van der Waals surface area contributed by atoms with E-state index in [1.54, 1.807) is 17.2 Å². The van der Waals surface area contributed by atoms with Gasteiger partial charge in [-0.25, -0.2) is 9.78 Å². The minimum atomic E-state index is -0.967. The van der Waals surface area contributed by atoms with Crippen molar-refractivity contribution in [2.75, 3.05) is 24.5 Å². The second-order valence-corrected chi connectivity index (χ2v) is 5.55. The number of carboxylic acid groups (broad SMARTS) is 1. The van der Waals surface area contributed by atoms with Crippen LogP contribution in [-0.2, 0) is 4.79 Å². The summed E-state index contributed by atoms with van der Waals surface area (Å²) in [5, 5.41) is 8.94. The molecule has 1 saturated heterocycles. The van der Waals surface area contributed by atoms with E-state index in [2.05, 4.69) is 20.9 Å². The van der Waals surface area contributed by atoms with E-state index in [0.29, 0.717) is 25.3 Å². The molecule has 0 saturated carbocycles. The monoisotopic (exact) mass is 341 g/mol. The van der Waals surface area contributed by atoms with E-state index in [1.165, 1.54) is 4.90 Å². The molecule has 1 aliphatic rings. The number of nitrogens with zero attached hydrogens (tertiary/aromatic N) is 3. The van der Waals surface area contributed by atoms with Crippen LogP contribution >= 0.6 is 15.9 Å². The second kappa shape index (κ2) is 6.21. The molecule has 7 heteroatoms. The first-order valence-electron chi connectivity index (χ1n) is 6.43. The van der Waals surface area contributed by atoms with Crippen LogP contribution in [0.5, 0.6) is 0 Å². The maximum Gasteiger partial charge on any atom is 0.407 e. The van der Waals surface area contributed by atoms with E-state index in [9.17, 15) is 9.59 Å². The lowest BCUT2D eigenvalue weighted by molar-refractivity contribution is -0.121. The highest BCUT2D eigenvalue weighted by atomic mass is 79.9. The number of anilines is 1. The fourth-order valence-corrected chi connectivity index (χ4v) is 2.55. The number of amides is 2. The van der Waals surface area contributed by atoms with Crippen molar-refractivity contribution in [3.8, 4) is 0 Å². The summed E-state index contributed by atoms with van der Waals surface area (Å²) >= 11 is 3.31. The molecule has 1 aromatic heterocycles. The molecule has 0 aromatic carbocycles. The number of hydrogen-bond acceptors (Lipinski definition) is 3. The van der Waals surface area contributed by atoms with Crippen LogP contribution in [0, 0.1) is 5.92 Å². The molecule has 0 spiro atoms. The van der Waals surface area contributed by atoms with Crippen LogP contribution in [0.15, 0.2) is 22.8 Å². The normalized spacial score (nSPS) is 18.1. The Bertz CT molecular complexity index is 506. The number of pyridine rings is 1. The van der Waals surface area contributed by atoms with Gasteiger partial charge in [-0.05, 0) is 41.4 Å². The van der Waals surface area contributed by atoms with E-state index in [-0.39, 0.29) is 18.4 Å². The molecular weight excluding hydrogens is 326 g/mol. The fraction of sp³-hybridized carbons (Fsp3) is 0.462. The zero-order valence-corrected chi connectivity index (χ0v) is 12.7. The summed E-state index contributed by atoms with van der Waals surface area (Å²) in [5.41, 5.74) is 0. The molecule has 2 heterocycles. The highest BCUT2D eigenvalue weighted by Gasteiger charge is 2.33. The van der Waals surface area contributed by atoms with Crippen LogP contribution in [0.4, 0.5) is 10.6 Å². The lowest BCUT2D eigenvalue weighted by atomic mass is 10.1. The van der Waals surface area contributed by atoms with Crippen molar-refractivity contribution in [1.29, 1.82) is 0 Å². The van der Waals surface area contributed by atoms with Gasteiger partial charge in [0.05, 0.1) is 5.92 Å². The lowest BCUT2D eigenvalue weighted by Crippen LogP contribution is -2.38. The number of carbonyl (C=O) groups is 2. The Morgan fingerprint density at radius 1 is 1.55 bits per heavy atom. The van der Waals surface area contributed by atoms with Crippen LogP contribution in [0.25, 0.3) is 0 Å². The van der Waals surface area contributed by atoms with Crippen molar-refractivity contribution in [2.24, 2.45) is 5.92 Å². The van der Waals surface area contributed by atoms with Crippen LogP contribution in [0.3, 0.4) is 0 Å². The standard InChI is InChI=1S/C13H16BrN3O3/c1-2-17(11-4-3-10(14)7-15-11)12(18)9-5-6-16(8-9)13(19)20/h3-4,7,9H,2,5-6,8H2,1H3,(H,19,20)/t9-/m1/s1. The van der Waals surface area contributed by atoms with Crippen molar-refractivity contribution in [1.82, 2.24) is 9.88 Å². The predicted octanol–water partition coefficient (Wildman–Crippen LogP) is 2.20. The quantitative estimate of drug-likeness (QED) is 0.914. The Kier molecular flexibility index (Phi) is 4.59. The van der Waals surface area contributed by atoms with Gasteiger partial charge < -0.3 is 10.0 Å². The Morgan fingerprint density at radius 3 is 2.80 bits per heavy atom. The summed E-state index contributed by atoms with van der Waals surface area (Å²) in [4.78, 5) is 30.5. The Labute approximate surface area is 125 Å². The topological polar surface area (TPSA) is 73.7 Å². The summed E-state index contributed by atoms with van der Waals surface area (Å²) in [6.07, 6.45) is 1.24. The first-order chi connectivity index (χ1) is 9.52. The molecule has 1 atom stereocenters. The smallest absolute Gasteiger partial charge is 0.407 e. The molecule has 20 heavy (non-hydrogen) atoms. The van der Waals surface area contributed by atoms with Crippen LogP contribution in [0.2, 0.25) is 0 Å². The maximum atomic E-state index is 12.5. The van der Waals surface area contributed by atoms with Crippen molar-refractivity contribution >= 4 is 33.7 Å². The summed E-state index contributed by atoms with van der Waals surface area (Å²) in [6.45, 7) is 3.07. The van der Waals surface area contributed by atoms with E-state index < -0.39 is 6.09 Å². The van der Waals surface area contributed by atoms with Crippen molar-refractivity contribution in [3.05, 3.63) is 22.8 Å². The summed E-state index contributed by atoms with van der Waals surface area (Å²) in [7, 11) is 0. The van der Waals surface area contributed by atoms with Gasteiger partial charge in [0.15, 0.2) is 0 Å². The highest BCUT2D eigenvalue weighted by Crippen LogP contribution is 2.22. The zero-order chi connectivity index (χ0) is 14.7. The van der Waals surface area contributed by atoms with Gasteiger partial charge in [-0.3, -0.25) is 9.69 Å². The predicted molar refractivity (Wildman–Crippen MR) is 77.7 cm³/mol. The van der Waals surface area contributed by atoms with Crippen molar-refractivity contribution < 1.29 is 14.7 Å². The van der Waals surface area contributed by atoms with E-state index in [1.807, 2.05) is 13.0 Å². The first kappa shape index (κ1) is 14.8. The molecule has 0 bridgehead atoms. The van der Waals surface area contributed by atoms with E-state index in [4.69, 9.17) is 5.11 Å². The Morgan fingerprint density at radius 2 is 2.30 bits per heavy atom. The van der Waals surface area contributed by atoms with E-state index >= 15 is 0 Å². The molecule has 1 N–H and O–H groups in total. The third kappa shape index (κ3) is 3.09.